The number of benzene rings is 2. The molecule has 2 rings (SSSR count). The van der Waals surface area contributed by atoms with Crippen molar-refractivity contribution < 1.29 is 4.74 Å². The van der Waals surface area contributed by atoms with Crippen LogP contribution in [0.4, 0.5) is 0 Å². The van der Waals surface area contributed by atoms with Gasteiger partial charge in [0, 0.05) is 5.02 Å². The van der Waals surface area contributed by atoms with Crippen molar-refractivity contribution >= 4 is 23.2 Å². The Kier molecular flexibility index (Phi) is 4.92. The molecule has 0 aliphatic heterocycles. The number of ether oxygens (including phenoxy) is 1. The van der Waals surface area contributed by atoms with Crippen molar-refractivity contribution in [2.45, 2.75) is 13.0 Å². The molecule has 0 spiro atoms. The van der Waals surface area contributed by atoms with Crippen molar-refractivity contribution in [3.8, 4) is 5.75 Å². The fourth-order valence-electron chi connectivity index (χ4n) is 2.28. The molecule has 1 N–H and O–H groups in total. The van der Waals surface area contributed by atoms with Gasteiger partial charge in [0.05, 0.1) is 18.2 Å². The molecule has 0 aliphatic carbocycles. The van der Waals surface area contributed by atoms with Crippen LogP contribution in [0.15, 0.2) is 36.4 Å². The SMILES string of the molecule is CNC(c1ccc(Cl)c(OC)c1)c1cc(Cl)ccc1C. The first-order valence-corrected chi connectivity index (χ1v) is 7.09. The smallest absolute Gasteiger partial charge is 0.137 e. The van der Waals surface area contributed by atoms with E-state index >= 15 is 0 Å². The average Bonchev–Trinajstić information content (AvgIpc) is 2.45. The number of rotatable bonds is 4. The zero-order valence-electron chi connectivity index (χ0n) is 11.7. The molecule has 106 valence electrons. The highest BCUT2D eigenvalue weighted by atomic mass is 35.5. The lowest BCUT2D eigenvalue weighted by Gasteiger charge is -2.20. The van der Waals surface area contributed by atoms with Gasteiger partial charge in [0.15, 0.2) is 0 Å². The van der Waals surface area contributed by atoms with Crippen LogP contribution >= 0.6 is 23.2 Å². The van der Waals surface area contributed by atoms with Gasteiger partial charge in [-0.2, -0.15) is 0 Å². The van der Waals surface area contributed by atoms with Gasteiger partial charge in [0.25, 0.3) is 0 Å². The normalized spacial score (nSPS) is 12.2. The van der Waals surface area contributed by atoms with Crippen molar-refractivity contribution in [2.75, 3.05) is 14.2 Å². The summed E-state index contributed by atoms with van der Waals surface area (Å²) < 4.78 is 5.28. The molecule has 2 aromatic carbocycles. The molecule has 0 amide bonds. The van der Waals surface area contributed by atoms with Gasteiger partial charge in [-0.05, 0) is 54.9 Å². The lowest BCUT2D eigenvalue weighted by molar-refractivity contribution is 0.414. The monoisotopic (exact) mass is 309 g/mol. The van der Waals surface area contributed by atoms with Gasteiger partial charge in [0.1, 0.15) is 5.75 Å². The van der Waals surface area contributed by atoms with Gasteiger partial charge < -0.3 is 10.1 Å². The highest BCUT2D eigenvalue weighted by Crippen LogP contribution is 2.32. The Labute approximate surface area is 129 Å². The fraction of sp³-hybridized carbons (Fsp3) is 0.250. The molecule has 1 atom stereocenters. The second-order valence-electron chi connectivity index (χ2n) is 4.62. The third kappa shape index (κ3) is 3.09. The number of hydrogen-bond donors (Lipinski definition) is 1. The first-order chi connectivity index (χ1) is 9.56. The van der Waals surface area contributed by atoms with E-state index in [2.05, 4.69) is 12.2 Å². The van der Waals surface area contributed by atoms with Crippen molar-refractivity contribution in [2.24, 2.45) is 0 Å². The van der Waals surface area contributed by atoms with Crippen LogP contribution in [0.3, 0.4) is 0 Å². The maximum Gasteiger partial charge on any atom is 0.137 e. The minimum atomic E-state index is 0.0415. The van der Waals surface area contributed by atoms with Gasteiger partial charge in [-0.25, -0.2) is 0 Å². The Morgan fingerprint density at radius 3 is 2.50 bits per heavy atom. The lowest BCUT2D eigenvalue weighted by atomic mass is 9.95. The Morgan fingerprint density at radius 1 is 1.10 bits per heavy atom. The van der Waals surface area contributed by atoms with E-state index in [1.54, 1.807) is 7.11 Å². The van der Waals surface area contributed by atoms with E-state index in [9.17, 15) is 0 Å². The minimum absolute atomic E-state index is 0.0415. The number of methoxy groups -OCH3 is 1. The maximum absolute atomic E-state index is 6.12. The minimum Gasteiger partial charge on any atom is -0.495 e. The van der Waals surface area contributed by atoms with Crippen LogP contribution in [0.1, 0.15) is 22.7 Å². The number of halogens is 2. The summed E-state index contributed by atoms with van der Waals surface area (Å²) in [5.41, 5.74) is 3.41. The van der Waals surface area contributed by atoms with Crippen LogP contribution < -0.4 is 10.1 Å². The molecule has 20 heavy (non-hydrogen) atoms. The summed E-state index contributed by atoms with van der Waals surface area (Å²) in [7, 11) is 3.54. The van der Waals surface area contributed by atoms with E-state index < -0.39 is 0 Å². The van der Waals surface area contributed by atoms with Gasteiger partial charge in [-0.15, -0.1) is 0 Å². The van der Waals surface area contributed by atoms with Gasteiger partial charge >= 0.3 is 0 Å². The first-order valence-electron chi connectivity index (χ1n) is 6.33. The van der Waals surface area contributed by atoms with E-state index in [1.807, 2.05) is 43.4 Å². The summed E-state index contributed by atoms with van der Waals surface area (Å²) in [5.74, 6) is 0.670. The summed E-state index contributed by atoms with van der Waals surface area (Å²) in [6.07, 6.45) is 0. The van der Waals surface area contributed by atoms with Gasteiger partial charge in [-0.3, -0.25) is 0 Å². The second-order valence-corrected chi connectivity index (χ2v) is 5.46. The van der Waals surface area contributed by atoms with Gasteiger partial charge in [-0.1, -0.05) is 35.3 Å². The summed E-state index contributed by atoms with van der Waals surface area (Å²) in [5, 5.41) is 4.65. The van der Waals surface area contributed by atoms with Crippen LogP contribution in [-0.2, 0) is 0 Å². The molecule has 4 heteroatoms. The summed E-state index contributed by atoms with van der Waals surface area (Å²) in [6, 6.07) is 11.7. The Morgan fingerprint density at radius 2 is 1.85 bits per heavy atom. The number of hydrogen-bond acceptors (Lipinski definition) is 2. The number of nitrogens with one attached hydrogen (secondary N) is 1. The highest BCUT2D eigenvalue weighted by Gasteiger charge is 2.16. The molecule has 0 aliphatic rings. The van der Waals surface area contributed by atoms with E-state index in [-0.39, 0.29) is 6.04 Å². The van der Waals surface area contributed by atoms with Gasteiger partial charge in [0.2, 0.25) is 0 Å². The third-order valence-electron chi connectivity index (χ3n) is 3.35. The lowest BCUT2D eigenvalue weighted by Crippen LogP contribution is -2.18. The molecule has 2 aromatic rings. The van der Waals surface area contributed by atoms with Crippen LogP contribution in [-0.4, -0.2) is 14.2 Å². The molecule has 0 radical (unpaired) electrons. The third-order valence-corrected chi connectivity index (χ3v) is 3.90. The first kappa shape index (κ1) is 15.2. The van der Waals surface area contributed by atoms with Crippen LogP contribution in [0.25, 0.3) is 0 Å². The average molecular weight is 310 g/mol. The van der Waals surface area contributed by atoms with Crippen molar-refractivity contribution in [3.63, 3.8) is 0 Å². The van der Waals surface area contributed by atoms with Crippen LogP contribution in [0.2, 0.25) is 10.0 Å². The molecule has 0 heterocycles. The van der Waals surface area contributed by atoms with Crippen LogP contribution in [0.5, 0.6) is 5.75 Å². The molecule has 0 saturated carbocycles. The predicted octanol–water partition coefficient (Wildman–Crippen LogP) is 4.62. The topological polar surface area (TPSA) is 21.3 Å². The maximum atomic E-state index is 6.12. The molecule has 2 nitrogen and oxygen atoms in total. The molecule has 0 aromatic heterocycles. The fourth-order valence-corrected chi connectivity index (χ4v) is 2.66. The van der Waals surface area contributed by atoms with E-state index in [4.69, 9.17) is 27.9 Å². The van der Waals surface area contributed by atoms with Crippen molar-refractivity contribution in [3.05, 3.63) is 63.1 Å². The highest BCUT2D eigenvalue weighted by molar-refractivity contribution is 6.32. The van der Waals surface area contributed by atoms with E-state index in [1.165, 1.54) is 5.56 Å². The summed E-state index contributed by atoms with van der Waals surface area (Å²) in [6.45, 7) is 2.07. The Hall–Kier alpha value is -1.22. The standard InChI is InChI=1S/C16H17Cl2NO/c1-10-4-6-12(17)9-13(10)16(19-2)11-5-7-14(18)15(8-11)20-3/h4-9,16,19H,1-3H3. The molecule has 0 bridgehead atoms. The zero-order valence-corrected chi connectivity index (χ0v) is 13.2. The Balaban J connectivity index is 2.49. The largest absolute Gasteiger partial charge is 0.495 e. The molecule has 1 unspecified atom stereocenters. The number of aryl methyl sites for hydroxylation is 1. The van der Waals surface area contributed by atoms with Crippen molar-refractivity contribution in [1.82, 2.24) is 5.32 Å². The second kappa shape index (κ2) is 6.49. The van der Waals surface area contributed by atoms with E-state index in [0.717, 1.165) is 16.1 Å². The molecule has 0 saturated heterocycles. The van der Waals surface area contributed by atoms with Crippen LogP contribution in [0, 0.1) is 6.92 Å². The molecular formula is C16H17Cl2NO. The van der Waals surface area contributed by atoms with Crippen molar-refractivity contribution in [1.29, 1.82) is 0 Å². The summed E-state index contributed by atoms with van der Waals surface area (Å²) >= 11 is 12.2. The quantitative estimate of drug-likeness (QED) is 0.890. The predicted molar refractivity (Wildman–Crippen MR) is 85.1 cm³/mol. The molecular weight excluding hydrogens is 293 g/mol. The molecule has 0 fully saturated rings. The zero-order chi connectivity index (χ0) is 14.7. The van der Waals surface area contributed by atoms with E-state index in [0.29, 0.717) is 10.8 Å². The Bertz CT molecular complexity index is 613. The summed E-state index contributed by atoms with van der Waals surface area (Å²) in [4.78, 5) is 0.